The molecule has 0 heterocycles. The van der Waals surface area contributed by atoms with Crippen molar-refractivity contribution in [2.75, 3.05) is 0 Å². The Morgan fingerprint density at radius 1 is 1.24 bits per heavy atom. The van der Waals surface area contributed by atoms with Gasteiger partial charge < -0.3 is 5.11 Å². The average molecular weight is 297 g/mol. The summed E-state index contributed by atoms with van der Waals surface area (Å²) in [5, 5.41) is 8.79. The van der Waals surface area contributed by atoms with Gasteiger partial charge in [-0.1, -0.05) is 34.1 Å². The van der Waals surface area contributed by atoms with Crippen LogP contribution in [0.5, 0.6) is 0 Å². The molecule has 0 bridgehead atoms. The molecular formula is C14H17BrO2. The van der Waals surface area contributed by atoms with E-state index in [1.807, 2.05) is 6.07 Å². The zero-order valence-corrected chi connectivity index (χ0v) is 11.3. The van der Waals surface area contributed by atoms with Gasteiger partial charge in [0, 0.05) is 10.9 Å². The van der Waals surface area contributed by atoms with Crippen LogP contribution in [0, 0.1) is 5.92 Å². The van der Waals surface area contributed by atoms with Crippen molar-refractivity contribution in [2.45, 2.75) is 38.0 Å². The number of hydrogen-bond acceptors (Lipinski definition) is 1. The van der Waals surface area contributed by atoms with E-state index in [2.05, 4.69) is 34.1 Å². The van der Waals surface area contributed by atoms with Gasteiger partial charge in [0.15, 0.2) is 0 Å². The van der Waals surface area contributed by atoms with Gasteiger partial charge in [0.1, 0.15) is 0 Å². The second-order valence-corrected chi connectivity index (χ2v) is 5.69. The first-order valence-electron chi connectivity index (χ1n) is 6.13. The van der Waals surface area contributed by atoms with Crippen LogP contribution in [0.2, 0.25) is 0 Å². The smallest absolute Gasteiger partial charge is 0.303 e. The molecule has 0 radical (unpaired) electrons. The van der Waals surface area contributed by atoms with Crippen molar-refractivity contribution in [3.05, 3.63) is 34.3 Å². The molecule has 0 spiro atoms. The maximum Gasteiger partial charge on any atom is 0.303 e. The Labute approximate surface area is 110 Å². The zero-order valence-electron chi connectivity index (χ0n) is 9.73. The van der Waals surface area contributed by atoms with E-state index in [-0.39, 0.29) is 0 Å². The lowest BCUT2D eigenvalue weighted by Gasteiger charge is -2.28. The Hall–Kier alpha value is -0.830. The van der Waals surface area contributed by atoms with Gasteiger partial charge in [0.25, 0.3) is 0 Å². The third kappa shape index (κ3) is 3.32. The number of halogens is 1. The number of aliphatic carboxylic acids is 1. The predicted molar refractivity (Wildman–Crippen MR) is 71.1 cm³/mol. The second-order valence-electron chi connectivity index (χ2n) is 4.84. The standard InChI is InChI=1S/C14H17BrO2/c15-13-4-2-1-3-12(13)11-7-5-10(6-8-11)9-14(16)17/h1-4,10-11H,5-9H2,(H,16,17). The van der Waals surface area contributed by atoms with Crippen molar-refractivity contribution in [3.63, 3.8) is 0 Å². The predicted octanol–water partition coefficient (Wildman–Crippen LogP) is 4.20. The Morgan fingerprint density at radius 3 is 2.47 bits per heavy atom. The van der Waals surface area contributed by atoms with Crippen LogP contribution in [-0.2, 0) is 4.79 Å². The van der Waals surface area contributed by atoms with Crippen molar-refractivity contribution < 1.29 is 9.90 Å². The number of benzene rings is 1. The fraction of sp³-hybridized carbons (Fsp3) is 0.500. The highest BCUT2D eigenvalue weighted by Gasteiger charge is 2.24. The van der Waals surface area contributed by atoms with Crippen LogP contribution in [0.4, 0.5) is 0 Å². The van der Waals surface area contributed by atoms with Gasteiger partial charge in [-0.15, -0.1) is 0 Å². The van der Waals surface area contributed by atoms with E-state index in [0.717, 1.165) is 25.7 Å². The zero-order chi connectivity index (χ0) is 12.3. The minimum atomic E-state index is -0.658. The molecule has 1 N–H and O–H groups in total. The lowest BCUT2D eigenvalue weighted by atomic mass is 9.77. The molecule has 1 aliphatic rings. The molecule has 1 saturated carbocycles. The van der Waals surface area contributed by atoms with Gasteiger partial charge in [0.05, 0.1) is 0 Å². The minimum Gasteiger partial charge on any atom is -0.481 e. The molecule has 1 fully saturated rings. The molecule has 2 rings (SSSR count). The van der Waals surface area contributed by atoms with Gasteiger partial charge in [-0.25, -0.2) is 0 Å². The fourth-order valence-electron chi connectivity index (χ4n) is 2.73. The van der Waals surface area contributed by atoms with E-state index >= 15 is 0 Å². The largest absolute Gasteiger partial charge is 0.481 e. The maximum absolute atomic E-state index is 10.7. The quantitative estimate of drug-likeness (QED) is 0.908. The molecule has 0 amide bonds. The molecule has 92 valence electrons. The van der Waals surface area contributed by atoms with Gasteiger partial charge in [-0.05, 0) is 49.1 Å². The lowest BCUT2D eigenvalue weighted by Crippen LogP contribution is -2.16. The average Bonchev–Trinajstić information content (AvgIpc) is 2.30. The molecule has 1 aromatic rings. The molecule has 0 saturated heterocycles. The Kier molecular flexibility index (Phi) is 4.21. The van der Waals surface area contributed by atoms with Gasteiger partial charge in [-0.2, -0.15) is 0 Å². The van der Waals surface area contributed by atoms with E-state index in [9.17, 15) is 4.79 Å². The molecule has 1 aromatic carbocycles. The first-order chi connectivity index (χ1) is 8.16. The Balaban J connectivity index is 1.95. The molecule has 3 heteroatoms. The Bertz CT molecular complexity index is 395. The summed E-state index contributed by atoms with van der Waals surface area (Å²) < 4.78 is 1.18. The van der Waals surface area contributed by atoms with Crippen LogP contribution >= 0.6 is 15.9 Å². The second kappa shape index (κ2) is 5.67. The van der Waals surface area contributed by atoms with Crippen LogP contribution in [0.3, 0.4) is 0 Å². The van der Waals surface area contributed by atoms with Crippen molar-refractivity contribution in [1.82, 2.24) is 0 Å². The number of rotatable bonds is 3. The number of hydrogen-bond donors (Lipinski definition) is 1. The third-order valence-corrected chi connectivity index (χ3v) is 4.38. The lowest BCUT2D eigenvalue weighted by molar-refractivity contribution is -0.138. The van der Waals surface area contributed by atoms with Crippen molar-refractivity contribution >= 4 is 21.9 Å². The van der Waals surface area contributed by atoms with Crippen molar-refractivity contribution in [2.24, 2.45) is 5.92 Å². The molecule has 17 heavy (non-hydrogen) atoms. The summed E-state index contributed by atoms with van der Waals surface area (Å²) in [6.07, 6.45) is 4.64. The highest BCUT2D eigenvalue weighted by atomic mass is 79.9. The summed E-state index contributed by atoms with van der Waals surface area (Å²) in [7, 11) is 0. The van der Waals surface area contributed by atoms with E-state index in [1.54, 1.807) is 0 Å². The summed E-state index contributed by atoms with van der Waals surface area (Å²) in [4.78, 5) is 10.7. The molecule has 2 nitrogen and oxygen atoms in total. The summed E-state index contributed by atoms with van der Waals surface area (Å²) in [5.74, 6) is 0.316. The first kappa shape index (κ1) is 12.6. The topological polar surface area (TPSA) is 37.3 Å². The van der Waals surface area contributed by atoms with Gasteiger partial charge >= 0.3 is 5.97 Å². The molecule has 0 unspecified atom stereocenters. The fourth-order valence-corrected chi connectivity index (χ4v) is 3.34. The number of carbonyl (C=O) groups is 1. The van der Waals surface area contributed by atoms with E-state index in [4.69, 9.17) is 5.11 Å². The third-order valence-electron chi connectivity index (χ3n) is 3.66. The highest BCUT2D eigenvalue weighted by molar-refractivity contribution is 9.10. The number of carboxylic acid groups (broad SMARTS) is 1. The van der Waals surface area contributed by atoms with Crippen molar-refractivity contribution in [1.29, 1.82) is 0 Å². The van der Waals surface area contributed by atoms with Crippen LogP contribution in [0.25, 0.3) is 0 Å². The van der Waals surface area contributed by atoms with Crippen molar-refractivity contribution in [3.8, 4) is 0 Å². The number of carboxylic acids is 1. The summed E-state index contributed by atoms with van der Waals surface area (Å²) in [6, 6.07) is 8.36. The SMILES string of the molecule is O=C(O)CC1CCC(c2ccccc2Br)CC1. The highest BCUT2D eigenvalue weighted by Crippen LogP contribution is 2.39. The van der Waals surface area contributed by atoms with Crippen LogP contribution in [0.1, 0.15) is 43.6 Å². The van der Waals surface area contributed by atoms with E-state index in [1.165, 1.54) is 10.0 Å². The summed E-state index contributed by atoms with van der Waals surface area (Å²) in [5.41, 5.74) is 1.38. The normalized spacial score (nSPS) is 24.5. The molecular weight excluding hydrogens is 280 g/mol. The maximum atomic E-state index is 10.7. The van der Waals surface area contributed by atoms with E-state index < -0.39 is 5.97 Å². The van der Waals surface area contributed by atoms with Crippen LogP contribution < -0.4 is 0 Å². The minimum absolute atomic E-state index is 0.336. The van der Waals surface area contributed by atoms with Crippen LogP contribution in [0.15, 0.2) is 28.7 Å². The molecule has 0 aromatic heterocycles. The van der Waals surface area contributed by atoms with E-state index in [0.29, 0.717) is 18.3 Å². The summed E-state index contributed by atoms with van der Waals surface area (Å²) >= 11 is 3.59. The summed E-state index contributed by atoms with van der Waals surface area (Å²) in [6.45, 7) is 0. The van der Waals surface area contributed by atoms with Gasteiger partial charge in [0.2, 0.25) is 0 Å². The molecule has 1 aliphatic carbocycles. The molecule has 0 atom stereocenters. The first-order valence-corrected chi connectivity index (χ1v) is 6.92. The Morgan fingerprint density at radius 2 is 1.88 bits per heavy atom. The molecule has 0 aliphatic heterocycles. The monoisotopic (exact) mass is 296 g/mol. The van der Waals surface area contributed by atoms with Crippen LogP contribution in [-0.4, -0.2) is 11.1 Å². The van der Waals surface area contributed by atoms with Gasteiger partial charge in [-0.3, -0.25) is 4.79 Å².